The van der Waals surface area contributed by atoms with Gasteiger partial charge in [0.1, 0.15) is 11.4 Å². The lowest BCUT2D eigenvalue weighted by molar-refractivity contribution is -0.123. The molecule has 1 aromatic carbocycles. The van der Waals surface area contributed by atoms with E-state index in [4.69, 9.17) is 11.5 Å². The molecule has 1 rings (SSSR count). The van der Waals surface area contributed by atoms with Gasteiger partial charge in [0.25, 0.3) is 0 Å². The van der Waals surface area contributed by atoms with Crippen LogP contribution in [0.1, 0.15) is 18.9 Å². The van der Waals surface area contributed by atoms with Crippen molar-refractivity contribution < 1.29 is 9.18 Å². The van der Waals surface area contributed by atoms with Gasteiger partial charge in [0.05, 0.1) is 0 Å². The van der Waals surface area contributed by atoms with Crippen molar-refractivity contribution in [3.63, 3.8) is 0 Å². The molecule has 0 saturated heterocycles. The summed E-state index contributed by atoms with van der Waals surface area (Å²) in [5.74, 6) is -0.969. The fourth-order valence-corrected chi connectivity index (χ4v) is 1.27. The van der Waals surface area contributed by atoms with Gasteiger partial charge in [-0.15, -0.1) is 0 Å². The zero-order chi connectivity index (χ0) is 10.8. The number of hydrogen-bond acceptors (Lipinski definition) is 2. The van der Waals surface area contributed by atoms with E-state index in [1.54, 1.807) is 6.92 Å². The number of hydrogen-bond donors (Lipinski definition) is 2. The van der Waals surface area contributed by atoms with Crippen LogP contribution in [-0.2, 0) is 10.3 Å². The van der Waals surface area contributed by atoms with Crippen LogP contribution in [0.3, 0.4) is 0 Å². The smallest absolute Gasteiger partial charge is 0.242 e. The first kappa shape index (κ1) is 10.7. The minimum atomic E-state index is -1.20. The summed E-state index contributed by atoms with van der Waals surface area (Å²) in [4.78, 5) is 11.1. The first-order chi connectivity index (χ1) is 6.50. The Morgan fingerprint density at radius 2 is 1.93 bits per heavy atom. The number of benzene rings is 1. The average molecular weight is 196 g/mol. The number of carbonyl (C=O) groups is 1. The van der Waals surface area contributed by atoms with Gasteiger partial charge in [-0.1, -0.05) is 19.1 Å². The van der Waals surface area contributed by atoms with Crippen LogP contribution in [0.5, 0.6) is 0 Å². The summed E-state index contributed by atoms with van der Waals surface area (Å²) in [7, 11) is 0. The molecule has 0 aliphatic carbocycles. The summed E-state index contributed by atoms with van der Waals surface area (Å²) in [6.45, 7) is 1.76. The van der Waals surface area contributed by atoms with E-state index >= 15 is 0 Å². The van der Waals surface area contributed by atoms with Gasteiger partial charge in [0.2, 0.25) is 5.91 Å². The molecule has 0 spiro atoms. The molecule has 0 bridgehead atoms. The summed E-state index contributed by atoms with van der Waals surface area (Å²) in [5, 5.41) is 0. The van der Waals surface area contributed by atoms with Crippen molar-refractivity contribution in [1.82, 2.24) is 0 Å². The van der Waals surface area contributed by atoms with E-state index in [2.05, 4.69) is 0 Å². The molecule has 14 heavy (non-hydrogen) atoms. The second-order valence-corrected chi connectivity index (χ2v) is 3.20. The highest BCUT2D eigenvalue weighted by molar-refractivity contribution is 5.85. The molecule has 0 radical (unpaired) electrons. The Hall–Kier alpha value is -1.42. The van der Waals surface area contributed by atoms with Crippen LogP contribution in [-0.4, -0.2) is 5.91 Å². The lowest BCUT2D eigenvalue weighted by Gasteiger charge is -2.24. The summed E-state index contributed by atoms with van der Waals surface area (Å²) in [6, 6.07) is 5.47. The molecule has 0 aliphatic heterocycles. The standard InChI is InChI=1S/C10H13FN2O/c1-2-10(13,9(12)14)7-3-5-8(11)6-4-7/h3-6H,2,13H2,1H3,(H2,12,14). The zero-order valence-corrected chi connectivity index (χ0v) is 7.96. The van der Waals surface area contributed by atoms with Crippen molar-refractivity contribution >= 4 is 5.91 Å². The van der Waals surface area contributed by atoms with Crippen molar-refractivity contribution in [2.75, 3.05) is 0 Å². The van der Waals surface area contributed by atoms with Crippen LogP contribution in [0.25, 0.3) is 0 Å². The van der Waals surface area contributed by atoms with Crippen molar-refractivity contribution in [3.8, 4) is 0 Å². The Kier molecular flexibility index (Phi) is 2.86. The summed E-state index contributed by atoms with van der Waals surface area (Å²) >= 11 is 0. The van der Waals surface area contributed by atoms with Crippen LogP contribution in [0.2, 0.25) is 0 Å². The molecule has 76 valence electrons. The van der Waals surface area contributed by atoms with E-state index in [9.17, 15) is 9.18 Å². The lowest BCUT2D eigenvalue weighted by atomic mass is 9.88. The van der Waals surface area contributed by atoms with Crippen LogP contribution < -0.4 is 11.5 Å². The number of rotatable bonds is 3. The first-order valence-electron chi connectivity index (χ1n) is 4.35. The van der Waals surface area contributed by atoms with Gasteiger partial charge in [-0.25, -0.2) is 4.39 Å². The highest BCUT2D eigenvalue weighted by Crippen LogP contribution is 2.21. The van der Waals surface area contributed by atoms with Gasteiger partial charge in [-0.05, 0) is 24.1 Å². The maximum absolute atomic E-state index is 12.6. The third-order valence-corrected chi connectivity index (χ3v) is 2.36. The Bertz CT molecular complexity index is 336. The van der Waals surface area contributed by atoms with Gasteiger partial charge in [-0.2, -0.15) is 0 Å². The van der Waals surface area contributed by atoms with Crippen molar-refractivity contribution in [2.24, 2.45) is 11.5 Å². The van der Waals surface area contributed by atoms with Gasteiger partial charge in [0.15, 0.2) is 0 Å². The fourth-order valence-electron chi connectivity index (χ4n) is 1.27. The second kappa shape index (κ2) is 3.75. The first-order valence-corrected chi connectivity index (χ1v) is 4.35. The van der Waals surface area contributed by atoms with E-state index in [-0.39, 0.29) is 5.82 Å². The largest absolute Gasteiger partial charge is 0.368 e. The summed E-state index contributed by atoms with van der Waals surface area (Å²) in [5.41, 5.74) is 10.3. The second-order valence-electron chi connectivity index (χ2n) is 3.20. The molecule has 1 aromatic rings. The molecule has 1 atom stereocenters. The van der Waals surface area contributed by atoms with Crippen LogP contribution in [0.4, 0.5) is 4.39 Å². The molecule has 0 fully saturated rings. The number of nitrogens with two attached hydrogens (primary N) is 2. The lowest BCUT2D eigenvalue weighted by Crippen LogP contribution is -2.48. The van der Waals surface area contributed by atoms with Crippen molar-refractivity contribution in [2.45, 2.75) is 18.9 Å². The van der Waals surface area contributed by atoms with Gasteiger partial charge >= 0.3 is 0 Å². The maximum atomic E-state index is 12.6. The molecule has 0 aliphatic rings. The molecule has 1 unspecified atom stereocenters. The Morgan fingerprint density at radius 1 is 1.43 bits per heavy atom. The molecule has 4 heteroatoms. The summed E-state index contributed by atoms with van der Waals surface area (Å²) < 4.78 is 12.6. The number of halogens is 1. The summed E-state index contributed by atoms with van der Waals surface area (Å²) in [6.07, 6.45) is 0.383. The Labute approximate surface area is 81.9 Å². The van der Waals surface area contributed by atoms with Gasteiger partial charge in [-0.3, -0.25) is 4.79 Å². The Morgan fingerprint density at radius 3 is 2.29 bits per heavy atom. The fraction of sp³-hybridized carbons (Fsp3) is 0.300. The number of amides is 1. The van der Waals surface area contributed by atoms with Crippen LogP contribution in [0.15, 0.2) is 24.3 Å². The molecule has 0 aromatic heterocycles. The van der Waals surface area contributed by atoms with Gasteiger partial charge < -0.3 is 11.5 Å². The minimum Gasteiger partial charge on any atom is -0.368 e. The molecular formula is C10H13FN2O. The van der Waals surface area contributed by atoms with Gasteiger partial charge in [0, 0.05) is 0 Å². The molecule has 1 amide bonds. The van der Waals surface area contributed by atoms with E-state index in [1.165, 1.54) is 24.3 Å². The topological polar surface area (TPSA) is 69.1 Å². The van der Waals surface area contributed by atoms with Crippen LogP contribution in [0, 0.1) is 5.82 Å². The van der Waals surface area contributed by atoms with E-state index in [1.807, 2.05) is 0 Å². The average Bonchev–Trinajstić information content (AvgIpc) is 2.17. The molecule has 4 N–H and O–H groups in total. The zero-order valence-electron chi connectivity index (χ0n) is 7.96. The minimum absolute atomic E-state index is 0.364. The Balaban J connectivity index is 3.13. The number of carbonyl (C=O) groups excluding carboxylic acids is 1. The predicted molar refractivity (Wildman–Crippen MR) is 51.8 cm³/mol. The molecule has 3 nitrogen and oxygen atoms in total. The third kappa shape index (κ3) is 1.75. The highest BCUT2D eigenvalue weighted by atomic mass is 19.1. The number of primary amides is 1. The van der Waals surface area contributed by atoms with Crippen LogP contribution >= 0.6 is 0 Å². The highest BCUT2D eigenvalue weighted by Gasteiger charge is 2.31. The quantitative estimate of drug-likeness (QED) is 0.753. The molecule has 0 saturated carbocycles. The predicted octanol–water partition coefficient (Wildman–Crippen LogP) is 0.875. The molecule has 0 heterocycles. The van der Waals surface area contributed by atoms with E-state index in [0.29, 0.717) is 12.0 Å². The van der Waals surface area contributed by atoms with Crippen molar-refractivity contribution in [3.05, 3.63) is 35.6 Å². The third-order valence-electron chi connectivity index (χ3n) is 2.36. The van der Waals surface area contributed by atoms with Crippen molar-refractivity contribution in [1.29, 1.82) is 0 Å². The normalized spacial score (nSPS) is 14.8. The van der Waals surface area contributed by atoms with E-state index in [0.717, 1.165) is 0 Å². The maximum Gasteiger partial charge on any atom is 0.242 e. The van der Waals surface area contributed by atoms with E-state index < -0.39 is 11.4 Å². The molecular weight excluding hydrogens is 183 g/mol. The SMILES string of the molecule is CCC(N)(C(N)=O)c1ccc(F)cc1. The monoisotopic (exact) mass is 196 g/mol.